The molecular weight excluding hydrogens is 286 g/mol. The fourth-order valence-electron chi connectivity index (χ4n) is 2.13. The number of anilines is 1. The molecule has 0 saturated heterocycles. The van der Waals surface area contributed by atoms with Crippen LogP contribution in [-0.4, -0.2) is 26.3 Å². The van der Waals surface area contributed by atoms with Crippen LogP contribution in [0.3, 0.4) is 0 Å². The lowest BCUT2D eigenvalue weighted by Gasteiger charge is -2.07. The van der Waals surface area contributed by atoms with Crippen LogP contribution in [0.2, 0.25) is 0 Å². The van der Waals surface area contributed by atoms with Crippen molar-refractivity contribution in [3.05, 3.63) is 46.4 Å². The van der Waals surface area contributed by atoms with Gasteiger partial charge in [-0.05, 0) is 19.1 Å². The lowest BCUT2D eigenvalue weighted by Crippen LogP contribution is -2.23. The summed E-state index contributed by atoms with van der Waals surface area (Å²) >= 11 is 0. The topological polar surface area (TPSA) is 93.3 Å². The number of carboxylic acids is 1. The van der Waals surface area contributed by atoms with Crippen LogP contribution in [-0.2, 0) is 16.6 Å². The van der Waals surface area contributed by atoms with E-state index in [1.165, 1.54) is 4.68 Å². The summed E-state index contributed by atoms with van der Waals surface area (Å²) in [5.74, 6) is -1.55. The maximum absolute atomic E-state index is 12.5. The molecule has 1 aromatic carbocycles. The average Bonchev–Trinajstić information content (AvgIpc) is 2.70. The molecule has 0 unspecified atom stereocenters. The number of carboxylic acid groups (broad SMARTS) is 1. The molecule has 0 aliphatic heterocycles. The number of aliphatic carboxylic acids is 1. The standard InChI is InChI=1S/C15H17N3O4/c1-10-14(16-12(19)8-9-13(20)21)15(22)18(17(10)2)11-6-4-3-5-7-11/h3-7H,8-9H2,1-2H3,(H,16,19)(H,20,21). The Bertz CT molecular complexity index is 759. The first kappa shape index (κ1) is 15.6. The highest BCUT2D eigenvalue weighted by atomic mass is 16.4. The highest BCUT2D eigenvalue weighted by Gasteiger charge is 2.18. The van der Waals surface area contributed by atoms with Crippen molar-refractivity contribution in [1.29, 1.82) is 0 Å². The third-order valence-electron chi connectivity index (χ3n) is 3.38. The molecule has 7 heteroatoms. The average molecular weight is 303 g/mol. The second kappa shape index (κ2) is 6.30. The van der Waals surface area contributed by atoms with Crippen molar-refractivity contribution in [1.82, 2.24) is 9.36 Å². The molecule has 2 aromatic rings. The van der Waals surface area contributed by atoms with Crippen molar-refractivity contribution >= 4 is 17.6 Å². The lowest BCUT2D eigenvalue weighted by molar-refractivity contribution is -0.138. The Kier molecular flexibility index (Phi) is 4.45. The minimum atomic E-state index is -1.05. The van der Waals surface area contributed by atoms with Gasteiger partial charge in [0, 0.05) is 13.5 Å². The molecule has 0 spiro atoms. The maximum atomic E-state index is 12.5. The predicted molar refractivity (Wildman–Crippen MR) is 81.2 cm³/mol. The van der Waals surface area contributed by atoms with E-state index in [0.29, 0.717) is 11.4 Å². The highest BCUT2D eigenvalue weighted by molar-refractivity contribution is 5.92. The van der Waals surface area contributed by atoms with Gasteiger partial charge in [-0.15, -0.1) is 0 Å². The zero-order valence-electron chi connectivity index (χ0n) is 12.4. The zero-order valence-corrected chi connectivity index (χ0v) is 12.4. The van der Waals surface area contributed by atoms with Gasteiger partial charge in [-0.25, -0.2) is 4.68 Å². The van der Waals surface area contributed by atoms with E-state index in [0.717, 1.165) is 0 Å². The summed E-state index contributed by atoms with van der Waals surface area (Å²) in [4.78, 5) is 34.7. The van der Waals surface area contributed by atoms with Crippen molar-refractivity contribution in [3.8, 4) is 5.69 Å². The van der Waals surface area contributed by atoms with Crippen molar-refractivity contribution in [2.45, 2.75) is 19.8 Å². The molecule has 0 saturated carbocycles. The van der Waals surface area contributed by atoms with Gasteiger partial charge in [0.05, 0.1) is 17.8 Å². The van der Waals surface area contributed by atoms with Gasteiger partial charge in [0.2, 0.25) is 5.91 Å². The Hall–Kier alpha value is -2.83. The first-order valence-electron chi connectivity index (χ1n) is 6.77. The summed E-state index contributed by atoms with van der Waals surface area (Å²) in [6.45, 7) is 1.72. The molecule has 1 aromatic heterocycles. The van der Waals surface area contributed by atoms with Gasteiger partial charge in [0.15, 0.2) is 0 Å². The van der Waals surface area contributed by atoms with Crippen LogP contribution in [0.5, 0.6) is 0 Å². The number of amides is 1. The van der Waals surface area contributed by atoms with Crippen LogP contribution in [0.4, 0.5) is 5.69 Å². The van der Waals surface area contributed by atoms with E-state index in [1.807, 2.05) is 18.2 Å². The van der Waals surface area contributed by atoms with Gasteiger partial charge in [0.25, 0.3) is 5.56 Å². The van der Waals surface area contributed by atoms with Gasteiger partial charge in [-0.2, -0.15) is 0 Å². The molecule has 1 heterocycles. The summed E-state index contributed by atoms with van der Waals surface area (Å²) in [7, 11) is 1.72. The SMILES string of the molecule is Cc1c(NC(=O)CCC(=O)O)c(=O)n(-c2ccccc2)n1C. The van der Waals surface area contributed by atoms with E-state index in [-0.39, 0.29) is 24.1 Å². The Balaban J connectivity index is 2.33. The minimum absolute atomic E-state index is 0.168. The first-order chi connectivity index (χ1) is 10.4. The molecule has 0 fully saturated rings. The minimum Gasteiger partial charge on any atom is -0.481 e. The second-order valence-corrected chi connectivity index (χ2v) is 4.88. The predicted octanol–water partition coefficient (Wildman–Crippen LogP) is 1.29. The highest BCUT2D eigenvalue weighted by Crippen LogP contribution is 2.14. The Morgan fingerprint density at radius 2 is 1.82 bits per heavy atom. The van der Waals surface area contributed by atoms with Gasteiger partial charge < -0.3 is 10.4 Å². The molecule has 0 aliphatic rings. The fraction of sp³-hybridized carbons (Fsp3) is 0.267. The van der Waals surface area contributed by atoms with Gasteiger partial charge in [0.1, 0.15) is 5.69 Å². The van der Waals surface area contributed by atoms with Crippen LogP contribution in [0.1, 0.15) is 18.5 Å². The number of carbonyl (C=O) groups excluding carboxylic acids is 1. The largest absolute Gasteiger partial charge is 0.481 e. The Morgan fingerprint density at radius 1 is 1.18 bits per heavy atom. The van der Waals surface area contributed by atoms with Crippen molar-refractivity contribution in [2.24, 2.45) is 7.05 Å². The second-order valence-electron chi connectivity index (χ2n) is 4.88. The summed E-state index contributed by atoms with van der Waals surface area (Å²) in [6.07, 6.45) is -0.445. The van der Waals surface area contributed by atoms with E-state index in [2.05, 4.69) is 5.32 Å². The monoisotopic (exact) mass is 303 g/mol. The molecule has 0 atom stereocenters. The third kappa shape index (κ3) is 3.08. The van der Waals surface area contributed by atoms with E-state index < -0.39 is 11.9 Å². The molecule has 22 heavy (non-hydrogen) atoms. The number of hydrogen-bond acceptors (Lipinski definition) is 3. The van der Waals surface area contributed by atoms with Crippen LogP contribution in [0, 0.1) is 6.92 Å². The van der Waals surface area contributed by atoms with Crippen LogP contribution < -0.4 is 10.9 Å². The first-order valence-corrected chi connectivity index (χ1v) is 6.77. The van der Waals surface area contributed by atoms with Gasteiger partial charge in [-0.3, -0.25) is 19.1 Å². The fourth-order valence-corrected chi connectivity index (χ4v) is 2.13. The quantitative estimate of drug-likeness (QED) is 0.870. The number of para-hydroxylation sites is 1. The molecule has 2 N–H and O–H groups in total. The Morgan fingerprint density at radius 3 is 2.41 bits per heavy atom. The third-order valence-corrected chi connectivity index (χ3v) is 3.38. The van der Waals surface area contributed by atoms with Crippen LogP contribution in [0.25, 0.3) is 5.69 Å². The van der Waals surface area contributed by atoms with Crippen molar-refractivity contribution in [2.75, 3.05) is 5.32 Å². The summed E-state index contributed by atoms with van der Waals surface area (Å²) < 4.78 is 3.09. The van der Waals surface area contributed by atoms with Crippen LogP contribution in [0.15, 0.2) is 35.1 Å². The number of nitrogens with zero attached hydrogens (tertiary/aromatic N) is 2. The molecular formula is C15H17N3O4. The zero-order chi connectivity index (χ0) is 16.3. The van der Waals surface area contributed by atoms with Gasteiger partial charge >= 0.3 is 5.97 Å². The lowest BCUT2D eigenvalue weighted by atomic mass is 10.3. The molecule has 116 valence electrons. The number of benzene rings is 1. The number of rotatable bonds is 5. The van der Waals surface area contributed by atoms with E-state index in [4.69, 9.17) is 5.11 Å². The summed E-state index contributed by atoms with van der Waals surface area (Å²) in [5.41, 5.74) is 1.10. The molecule has 0 bridgehead atoms. The van der Waals surface area contributed by atoms with Crippen molar-refractivity contribution < 1.29 is 14.7 Å². The number of aromatic nitrogens is 2. The van der Waals surface area contributed by atoms with E-state index >= 15 is 0 Å². The van der Waals surface area contributed by atoms with E-state index in [1.54, 1.807) is 30.8 Å². The normalized spacial score (nSPS) is 10.5. The molecule has 2 rings (SSSR count). The van der Waals surface area contributed by atoms with Crippen molar-refractivity contribution in [3.63, 3.8) is 0 Å². The molecule has 0 radical (unpaired) electrons. The number of nitrogens with one attached hydrogen (secondary N) is 1. The van der Waals surface area contributed by atoms with Crippen LogP contribution >= 0.6 is 0 Å². The van der Waals surface area contributed by atoms with E-state index in [9.17, 15) is 14.4 Å². The number of carbonyl (C=O) groups is 2. The summed E-state index contributed by atoms with van der Waals surface area (Å²) in [5, 5.41) is 11.1. The van der Waals surface area contributed by atoms with Gasteiger partial charge in [-0.1, -0.05) is 18.2 Å². The smallest absolute Gasteiger partial charge is 0.303 e. The molecule has 0 aliphatic carbocycles. The Labute approximate surface area is 126 Å². The number of hydrogen-bond donors (Lipinski definition) is 2. The molecule has 7 nitrogen and oxygen atoms in total. The molecule has 1 amide bonds. The summed E-state index contributed by atoms with van der Waals surface area (Å²) in [6, 6.07) is 9.05. The maximum Gasteiger partial charge on any atom is 0.303 e.